The molecular formula is C26H36N2O4. The van der Waals surface area contributed by atoms with Gasteiger partial charge in [-0.3, -0.25) is 9.59 Å². The summed E-state index contributed by atoms with van der Waals surface area (Å²) in [5.74, 6) is 4.05. The fraction of sp³-hybridized carbons (Fsp3) is 0.692. The Hall–Kier alpha value is -2.24. The van der Waals surface area contributed by atoms with Crippen LogP contribution in [0.3, 0.4) is 0 Å². The molecule has 1 aromatic carbocycles. The van der Waals surface area contributed by atoms with Crippen LogP contribution in [0.5, 0.6) is 11.5 Å². The molecule has 174 valence electrons. The average Bonchev–Trinajstić information content (AvgIpc) is 3.25. The van der Waals surface area contributed by atoms with Gasteiger partial charge in [0.25, 0.3) is 0 Å². The monoisotopic (exact) mass is 440 g/mol. The van der Waals surface area contributed by atoms with Crippen LogP contribution in [-0.2, 0) is 9.59 Å². The lowest BCUT2D eigenvalue weighted by Gasteiger charge is -2.56. The molecule has 5 fully saturated rings. The van der Waals surface area contributed by atoms with Crippen molar-refractivity contribution in [2.75, 3.05) is 27.3 Å². The number of ether oxygens (including phenoxy) is 2. The van der Waals surface area contributed by atoms with Crippen molar-refractivity contribution in [2.24, 2.45) is 23.2 Å². The molecule has 1 heterocycles. The van der Waals surface area contributed by atoms with Gasteiger partial charge in [-0.25, -0.2) is 0 Å². The zero-order valence-corrected chi connectivity index (χ0v) is 19.4. The molecule has 0 radical (unpaired) electrons. The minimum atomic E-state index is -0.0485. The highest BCUT2D eigenvalue weighted by molar-refractivity contribution is 5.85. The van der Waals surface area contributed by atoms with E-state index in [1.807, 2.05) is 23.1 Å². The van der Waals surface area contributed by atoms with E-state index in [-0.39, 0.29) is 29.8 Å². The molecule has 4 saturated carbocycles. The second-order valence-corrected chi connectivity index (χ2v) is 10.7. The van der Waals surface area contributed by atoms with Crippen LogP contribution in [0, 0.1) is 23.2 Å². The summed E-state index contributed by atoms with van der Waals surface area (Å²) < 4.78 is 10.9. The third kappa shape index (κ3) is 4.08. The number of nitrogens with zero attached hydrogens (tertiary/aromatic N) is 1. The summed E-state index contributed by atoms with van der Waals surface area (Å²) in [6.45, 7) is 0.780. The van der Waals surface area contributed by atoms with Crippen molar-refractivity contribution in [2.45, 2.75) is 63.8 Å². The normalized spacial score (nSPS) is 32.8. The van der Waals surface area contributed by atoms with Crippen molar-refractivity contribution in [3.63, 3.8) is 0 Å². The molecule has 1 N–H and O–H groups in total. The van der Waals surface area contributed by atoms with Gasteiger partial charge in [0.15, 0.2) is 0 Å². The van der Waals surface area contributed by atoms with Crippen LogP contribution in [-0.4, -0.2) is 44.0 Å². The first-order chi connectivity index (χ1) is 15.5. The highest BCUT2D eigenvalue weighted by Crippen LogP contribution is 2.61. The maximum Gasteiger partial charge on any atom is 0.242 e. The average molecular weight is 441 g/mol. The zero-order chi connectivity index (χ0) is 22.3. The first kappa shape index (κ1) is 21.6. The van der Waals surface area contributed by atoms with Gasteiger partial charge >= 0.3 is 0 Å². The second kappa shape index (κ2) is 8.60. The number of amides is 2. The van der Waals surface area contributed by atoms with E-state index in [1.165, 1.54) is 38.5 Å². The first-order valence-electron chi connectivity index (χ1n) is 12.3. The molecule has 4 aliphatic carbocycles. The number of hydrogen-bond acceptors (Lipinski definition) is 4. The van der Waals surface area contributed by atoms with Crippen LogP contribution in [0.2, 0.25) is 0 Å². The number of rotatable bonds is 7. The van der Waals surface area contributed by atoms with Crippen LogP contribution >= 0.6 is 0 Å². The van der Waals surface area contributed by atoms with Gasteiger partial charge in [0.05, 0.1) is 26.8 Å². The molecule has 0 aromatic heterocycles. The van der Waals surface area contributed by atoms with Crippen molar-refractivity contribution >= 4 is 11.8 Å². The zero-order valence-electron chi connectivity index (χ0n) is 19.4. The van der Waals surface area contributed by atoms with E-state index in [0.717, 1.165) is 47.7 Å². The van der Waals surface area contributed by atoms with Gasteiger partial charge in [0, 0.05) is 18.5 Å². The molecule has 1 aromatic rings. The van der Waals surface area contributed by atoms with Crippen molar-refractivity contribution in [3.05, 3.63) is 23.8 Å². The quantitative estimate of drug-likeness (QED) is 0.693. The Bertz CT molecular complexity index is 847. The van der Waals surface area contributed by atoms with Gasteiger partial charge in [-0.15, -0.1) is 0 Å². The predicted molar refractivity (Wildman–Crippen MR) is 121 cm³/mol. The minimum Gasteiger partial charge on any atom is -0.497 e. The summed E-state index contributed by atoms with van der Waals surface area (Å²) in [4.78, 5) is 27.8. The topological polar surface area (TPSA) is 67.9 Å². The summed E-state index contributed by atoms with van der Waals surface area (Å²) in [5, 5.41) is 2.97. The number of nitrogens with one attached hydrogen (secondary N) is 1. The van der Waals surface area contributed by atoms with Gasteiger partial charge in [0.2, 0.25) is 11.8 Å². The lowest BCUT2D eigenvalue weighted by molar-refractivity contribution is -0.136. The van der Waals surface area contributed by atoms with E-state index in [2.05, 4.69) is 5.32 Å². The van der Waals surface area contributed by atoms with E-state index >= 15 is 0 Å². The van der Waals surface area contributed by atoms with Crippen molar-refractivity contribution in [1.29, 1.82) is 0 Å². The molecule has 32 heavy (non-hydrogen) atoms. The number of benzene rings is 1. The lowest BCUT2D eigenvalue weighted by atomic mass is 9.49. The van der Waals surface area contributed by atoms with Crippen LogP contribution in [0.15, 0.2) is 18.2 Å². The fourth-order valence-electron chi connectivity index (χ4n) is 7.67. The lowest BCUT2D eigenvalue weighted by Crippen LogP contribution is -2.48. The van der Waals surface area contributed by atoms with Crippen LogP contribution in [0.1, 0.15) is 69.4 Å². The van der Waals surface area contributed by atoms with Crippen molar-refractivity contribution in [3.8, 4) is 11.5 Å². The van der Waals surface area contributed by atoms with E-state index < -0.39 is 0 Å². The molecule has 1 unspecified atom stereocenters. The number of carbonyl (C=O) groups is 2. The molecule has 1 atom stereocenters. The van der Waals surface area contributed by atoms with Gasteiger partial charge < -0.3 is 19.7 Å². The van der Waals surface area contributed by atoms with Crippen LogP contribution < -0.4 is 14.8 Å². The molecule has 2 amide bonds. The smallest absolute Gasteiger partial charge is 0.242 e. The predicted octanol–water partition coefficient (Wildman–Crippen LogP) is 4.09. The van der Waals surface area contributed by atoms with E-state index in [1.54, 1.807) is 14.2 Å². The third-order valence-electron chi connectivity index (χ3n) is 8.51. The number of methoxy groups -OCH3 is 2. The Labute approximate surface area is 191 Å². The SMILES string of the molecule is COc1ccc(OC)c(C2CCCN2C(=O)CNC(=O)CC23CC4CC(CC(C4)C2)C3)c1. The van der Waals surface area contributed by atoms with Gasteiger partial charge in [-0.1, -0.05) is 0 Å². The summed E-state index contributed by atoms with van der Waals surface area (Å²) in [7, 11) is 3.29. The molecule has 6 rings (SSSR count). The van der Waals surface area contributed by atoms with Gasteiger partial charge in [-0.2, -0.15) is 0 Å². The number of hydrogen-bond donors (Lipinski definition) is 1. The summed E-state index contributed by atoms with van der Waals surface area (Å²) in [5.41, 5.74) is 1.17. The molecule has 5 aliphatic rings. The molecule has 6 heteroatoms. The van der Waals surface area contributed by atoms with Crippen molar-refractivity contribution < 1.29 is 19.1 Å². The number of carbonyl (C=O) groups excluding carboxylic acids is 2. The summed E-state index contributed by atoms with van der Waals surface area (Å²) in [6, 6.07) is 5.67. The molecule has 0 spiro atoms. The maximum atomic E-state index is 13.1. The van der Waals surface area contributed by atoms with Crippen LogP contribution in [0.25, 0.3) is 0 Å². The van der Waals surface area contributed by atoms with E-state index in [4.69, 9.17) is 9.47 Å². The Morgan fingerprint density at radius 3 is 2.38 bits per heavy atom. The Kier molecular flexibility index (Phi) is 5.81. The van der Waals surface area contributed by atoms with Gasteiger partial charge in [0.1, 0.15) is 11.5 Å². The highest BCUT2D eigenvalue weighted by atomic mass is 16.5. The number of likely N-dealkylation sites (tertiary alicyclic amines) is 1. The highest BCUT2D eigenvalue weighted by Gasteiger charge is 2.51. The van der Waals surface area contributed by atoms with Crippen LogP contribution in [0.4, 0.5) is 0 Å². The Morgan fingerprint density at radius 2 is 1.75 bits per heavy atom. The van der Waals surface area contributed by atoms with Crippen molar-refractivity contribution in [1.82, 2.24) is 10.2 Å². The molecule has 6 nitrogen and oxygen atoms in total. The fourth-order valence-corrected chi connectivity index (χ4v) is 7.67. The third-order valence-corrected chi connectivity index (χ3v) is 8.51. The van der Waals surface area contributed by atoms with E-state index in [0.29, 0.717) is 13.0 Å². The minimum absolute atomic E-state index is 0.0174. The molecular weight excluding hydrogens is 404 g/mol. The molecule has 4 bridgehead atoms. The molecule has 1 aliphatic heterocycles. The molecule has 1 saturated heterocycles. The maximum absolute atomic E-state index is 13.1. The Morgan fingerprint density at radius 1 is 1.06 bits per heavy atom. The summed E-state index contributed by atoms with van der Waals surface area (Å²) in [6.07, 6.45) is 10.2. The van der Waals surface area contributed by atoms with E-state index in [9.17, 15) is 9.59 Å². The standard InChI is InChI=1S/C26H36N2O4/c1-31-20-5-6-23(32-2)21(11-20)22-4-3-7-28(22)25(30)16-27-24(29)15-26-12-17-8-18(13-26)10-19(9-17)14-26/h5-6,11,17-19,22H,3-4,7-10,12-16H2,1-2H3,(H,27,29). The summed E-state index contributed by atoms with van der Waals surface area (Å²) >= 11 is 0. The first-order valence-corrected chi connectivity index (χ1v) is 12.3. The van der Waals surface area contributed by atoms with Gasteiger partial charge in [-0.05, 0) is 92.7 Å². The largest absolute Gasteiger partial charge is 0.497 e. The Balaban J connectivity index is 1.20. The second-order valence-electron chi connectivity index (χ2n) is 10.7.